The molecule has 0 saturated heterocycles. The number of ether oxygens (including phenoxy) is 3. The van der Waals surface area contributed by atoms with Crippen LogP contribution in [0.25, 0.3) is 27.8 Å². The molecule has 0 aliphatic rings. The van der Waals surface area contributed by atoms with E-state index in [4.69, 9.17) is 19.2 Å². The zero-order chi connectivity index (χ0) is 19.7. The quantitative estimate of drug-likeness (QED) is 0.493. The Morgan fingerprint density at radius 1 is 1.04 bits per heavy atom. The van der Waals surface area contributed by atoms with E-state index in [9.17, 15) is 4.79 Å². The molecule has 7 nitrogen and oxygen atoms in total. The lowest BCUT2D eigenvalue weighted by Crippen LogP contribution is -2.07. The van der Waals surface area contributed by atoms with Crippen molar-refractivity contribution >= 4 is 22.5 Å². The predicted molar refractivity (Wildman–Crippen MR) is 105 cm³/mol. The Morgan fingerprint density at radius 3 is 2.43 bits per heavy atom. The lowest BCUT2D eigenvalue weighted by atomic mass is 10.1. The average Bonchev–Trinajstić information content (AvgIpc) is 3.18. The highest BCUT2D eigenvalue weighted by molar-refractivity contribution is 6.01. The third-order valence-corrected chi connectivity index (χ3v) is 4.50. The third kappa shape index (κ3) is 2.90. The van der Waals surface area contributed by atoms with Crippen LogP contribution in [-0.2, 0) is 4.74 Å². The highest BCUT2D eigenvalue weighted by Gasteiger charge is 2.21. The van der Waals surface area contributed by atoms with Crippen molar-refractivity contribution in [2.45, 2.75) is 6.92 Å². The maximum atomic E-state index is 12.5. The molecule has 142 valence electrons. The Labute approximate surface area is 161 Å². The van der Waals surface area contributed by atoms with E-state index in [1.54, 1.807) is 27.5 Å². The predicted octanol–water partition coefficient (Wildman–Crippen LogP) is 3.74. The lowest BCUT2D eigenvalue weighted by molar-refractivity contribution is 0.0522. The smallest absolute Gasteiger partial charge is 0.359 e. The Morgan fingerprint density at radius 2 is 1.75 bits per heavy atom. The first-order chi connectivity index (χ1) is 13.7. The summed E-state index contributed by atoms with van der Waals surface area (Å²) in [4.78, 5) is 21.6. The van der Waals surface area contributed by atoms with Crippen molar-refractivity contribution in [1.82, 2.24) is 14.4 Å². The van der Waals surface area contributed by atoms with Crippen molar-refractivity contribution < 1.29 is 19.0 Å². The number of rotatable bonds is 5. The van der Waals surface area contributed by atoms with Gasteiger partial charge in [0, 0.05) is 11.6 Å². The fraction of sp³-hybridized carbons (Fsp3) is 0.190. The van der Waals surface area contributed by atoms with Gasteiger partial charge in [0.15, 0.2) is 5.69 Å². The highest BCUT2D eigenvalue weighted by atomic mass is 16.5. The number of carbonyl (C=O) groups excluding carboxylic acids is 1. The van der Waals surface area contributed by atoms with Gasteiger partial charge in [0.2, 0.25) is 0 Å². The molecule has 2 heterocycles. The molecule has 2 aromatic heterocycles. The summed E-state index contributed by atoms with van der Waals surface area (Å²) in [6, 6.07) is 13.1. The van der Waals surface area contributed by atoms with E-state index in [1.165, 1.54) is 0 Å². The summed E-state index contributed by atoms with van der Waals surface area (Å²) in [5.41, 5.74) is 3.84. The molecule has 0 aliphatic carbocycles. The van der Waals surface area contributed by atoms with Gasteiger partial charge < -0.3 is 14.2 Å². The fourth-order valence-electron chi connectivity index (χ4n) is 3.15. The van der Waals surface area contributed by atoms with E-state index in [1.807, 2.05) is 46.9 Å². The molecular formula is C21H19N3O4. The molecule has 7 heteroatoms. The first kappa shape index (κ1) is 17.8. The van der Waals surface area contributed by atoms with Gasteiger partial charge in [-0.15, -0.1) is 0 Å². The molecular weight excluding hydrogens is 358 g/mol. The van der Waals surface area contributed by atoms with Gasteiger partial charge in [0.1, 0.15) is 23.3 Å². The molecule has 0 spiro atoms. The summed E-state index contributed by atoms with van der Waals surface area (Å²) >= 11 is 0. The number of benzene rings is 2. The van der Waals surface area contributed by atoms with Crippen LogP contribution in [0.1, 0.15) is 17.4 Å². The number of nitrogens with zero attached hydrogens (tertiary/aromatic N) is 3. The monoisotopic (exact) mass is 377 g/mol. The van der Waals surface area contributed by atoms with E-state index >= 15 is 0 Å². The van der Waals surface area contributed by atoms with Crippen LogP contribution in [0.15, 0.2) is 48.8 Å². The minimum atomic E-state index is -0.477. The van der Waals surface area contributed by atoms with Gasteiger partial charge in [0.05, 0.1) is 37.6 Å². The molecule has 2 aromatic carbocycles. The topological polar surface area (TPSA) is 75.0 Å². The molecule has 0 N–H and O–H groups in total. The van der Waals surface area contributed by atoms with Crippen molar-refractivity contribution in [2.75, 3.05) is 20.8 Å². The second kappa shape index (κ2) is 7.19. The minimum absolute atomic E-state index is 0.234. The standard InChI is InChI=1S/C21H19N3O4/c1-4-28-21(25)19-20-18(13-5-7-14(26-2)8-6-13)23-16-11-15(27-3)9-10-17(16)24(20)12-22-19/h5-12H,4H2,1-3H3. The first-order valence-electron chi connectivity index (χ1n) is 8.82. The number of imidazole rings is 1. The van der Waals surface area contributed by atoms with Crippen molar-refractivity contribution in [1.29, 1.82) is 0 Å². The number of hydrogen-bond acceptors (Lipinski definition) is 6. The Bertz CT molecular complexity index is 1170. The summed E-state index contributed by atoms with van der Waals surface area (Å²) in [5.74, 6) is 0.960. The molecule has 0 bridgehead atoms. The van der Waals surface area contributed by atoms with Gasteiger partial charge in [-0.3, -0.25) is 4.40 Å². The molecule has 0 amide bonds. The van der Waals surface area contributed by atoms with Crippen molar-refractivity contribution in [3.63, 3.8) is 0 Å². The number of fused-ring (bicyclic) bond motifs is 3. The molecule has 4 rings (SSSR count). The lowest BCUT2D eigenvalue weighted by Gasteiger charge is -2.11. The molecule has 0 aliphatic heterocycles. The maximum Gasteiger partial charge on any atom is 0.359 e. The zero-order valence-corrected chi connectivity index (χ0v) is 15.8. The molecule has 28 heavy (non-hydrogen) atoms. The van der Waals surface area contributed by atoms with Crippen molar-refractivity contribution in [3.8, 4) is 22.8 Å². The van der Waals surface area contributed by atoms with Crippen LogP contribution >= 0.6 is 0 Å². The molecule has 0 unspecified atom stereocenters. The van der Waals surface area contributed by atoms with Crippen LogP contribution in [0.2, 0.25) is 0 Å². The molecule has 0 radical (unpaired) electrons. The van der Waals surface area contributed by atoms with Crippen LogP contribution in [0.4, 0.5) is 0 Å². The number of carbonyl (C=O) groups is 1. The zero-order valence-electron chi connectivity index (χ0n) is 15.8. The van der Waals surface area contributed by atoms with Gasteiger partial charge >= 0.3 is 5.97 Å². The van der Waals surface area contributed by atoms with Crippen LogP contribution < -0.4 is 9.47 Å². The third-order valence-electron chi connectivity index (χ3n) is 4.50. The summed E-state index contributed by atoms with van der Waals surface area (Å²) in [5, 5.41) is 0. The molecule has 0 saturated carbocycles. The van der Waals surface area contributed by atoms with E-state index in [0.717, 1.165) is 22.3 Å². The SMILES string of the molecule is CCOC(=O)c1ncn2c1c(-c1ccc(OC)cc1)nc1cc(OC)ccc12. The van der Waals surface area contributed by atoms with Crippen LogP contribution in [0.5, 0.6) is 11.5 Å². The summed E-state index contributed by atoms with van der Waals surface area (Å²) in [6.07, 6.45) is 1.62. The van der Waals surface area contributed by atoms with E-state index < -0.39 is 5.97 Å². The summed E-state index contributed by atoms with van der Waals surface area (Å²) in [7, 11) is 3.23. The van der Waals surface area contributed by atoms with Crippen molar-refractivity contribution in [2.24, 2.45) is 0 Å². The van der Waals surface area contributed by atoms with Gasteiger partial charge in [-0.2, -0.15) is 0 Å². The van der Waals surface area contributed by atoms with Gasteiger partial charge in [-0.1, -0.05) is 0 Å². The Balaban J connectivity index is 2.04. The largest absolute Gasteiger partial charge is 0.497 e. The minimum Gasteiger partial charge on any atom is -0.497 e. The Hall–Kier alpha value is -3.61. The average molecular weight is 377 g/mol. The van der Waals surface area contributed by atoms with Crippen LogP contribution in [-0.4, -0.2) is 41.2 Å². The number of esters is 1. The number of methoxy groups -OCH3 is 2. The second-order valence-corrected chi connectivity index (χ2v) is 6.08. The van der Waals surface area contributed by atoms with E-state index in [0.29, 0.717) is 17.0 Å². The van der Waals surface area contributed by atoms with Crippen LogP contribution in [0.3, 0.4) is 0 Å². The van der Waals surface area contributed by atoms with Crippen LogP contribution in [0, 0.1) is 0 Å². The van der Waals surface area contributed by atoms with Gasteiger partial charge in [-0.05, 0) is 43.3 Å². The number of hydrogen-bond donors (Lipinski definition) is 0. The summed E-state index contributed by atoms with van der Waals surface area (Å²) < 4.78 is 17.6. The molecule has 4 aromatic rings. The van der Waals surface area contributed by atoms with E-state index in [2.05, 4.69) is 4.98 Å². The summed E-state index contributed by atoms with van der Waals surface area (Å²) in [6.45, 7) is 2.04. The Kier molecular flexibility index (Phi) is 4.57. The van der Waals surface area contributed by atoms with Crippen molar-refractivity contribution in [3.05, 3.63) is 54.5 Å². The van der Waals surface area contributed by atoms with E-state index in [-0.39, 0.29) is 12.3 Å². The van der Waals surface area contributed by atoms with Gasteiger partial charge in [-0.25, -0.2) is 14.8 Å². The fourth-order valence-corrected chi connectivity index (χ4v) is 3.15. The highest BCUT2D eigenvalue weighted by Crippen LogP contribution is 2.31. The molecule has 0 atom stereocenters. The second-order valence-electron chi connectivity index (χ2n) is 6.08. The maximum absolute atomic E-state index is 12.5. The first-order valence-corrected chi connectivity index (χ1v) is 8.82. The number of aromatic nitrogens is 3. The van der Waals surface area contributed by atoms with Gasteiger partial charge in [0.25, 0.3) is 0 Å². The normalized spacial score (nSPS) is 11.0. The molecule has 0 fully saturated rings.